The number of hydrogen-bond donors (Lipinski definition) is 4. The van der Waals surface area contributed by atoms with E-state index in [0.29, 0.717) is 13.1 Å². The van der Waals surface area contributed by atoms with E-state index in [1.807, 2.05) is 0 Å². The third-order valence-corrected chi connectivity index (χ3v) is 11.0. The van der Waals surface area contributed by atoms with Crippen LogP contribution in [0.4, 0.5) is 0 Å². The van der Waals surface area contributed by atoms with E-state index in [9.17, 15) is 36.2 Å². The summed E-state index contributed by atoms with van der Waals surface area (Å²) in [5.74, 6) is -0.836. The Morgan fingerprint density at radius 2 is 0.623 bits per heavy atom. The van der Waals surface area contributed by atoms with Crippen LogP contribution in [-0.4, -0.2) is 124 Å². The van der Waals surface area contributed by atoms with Crippen molar-refractivity contribution in [3.63, 3.8) is 0 Å². The average molecular weight is 825 g/mol. The molecule has 10 nitrogen and oxygen atoms in total. The maximum atomic E-state index is 10.4. The molecule has 0 aliphatic heterocycles. The van der Waals surface area contributed by atoms with Crippen LogP contribution in [0.2, 0.25) is 0 Å². The van der Waals surface area contributed by atoms with Crippen LogP contribution in [-0.2, 0) is 20.2 Å². The first-order valence-electron chi connectivity index (χ1n) is 21.6. The third-order valence-electron chi connectivity index (χ3n) is 9.60. The minimum Gasteiger partial charge on any atom is -0.748 e. The Bertz CT molecular complexity index is 856. The van der Waals surface area contributed by atoms with Crippen molar-refractivity contribution in [1.29, 1.82) is 0 Å². The van der Waals surface area contributed by atoms with Gasteiger partial charge in [0.2, 0.25) is 0 Å². The van der Waals surface area contributed by atoms with E-state index in [-0.39, 0.29) is 50.8 Å². The fourth-order valence-corrected chi connectivity index (χ4v) is 7.07. The smallest absolute Gasteiger partial charge is 0.748 e. The third kappa shape index (κ3) is 57.3. The molecule has 0 aliphatic carbocycles. The molecule has 0 aliphatic rings. The fraction of sp³-hybridized carbons (Fsp3) is 1.00. The zero-order chi connectivity index (χ0) is 39.0. The maximum absolute atomic E-state index is 10.4. The molecule has 0 saturated heterocycles. The van der Waals surface area contributed by atoms with E-state index in [2.05, 4.69) is 24.5 Å². The molecule has 0 aromatic carbocycles. The van der Waals surface area contributed by atoms with Gasteiger partial charge in [0.25, 0.3) is 0 Å². The quantitative estimate of drug-likeness (QED) is 0.0267. The number of nitrogens with one attached hydrogen (secondary N) is 2. The van der Waals surface area contributed by atoms with E-state index in [1.54, 1.807) is 0 Å². The summed E-state index contributed by atoms with van der Waals surface area (Å²) < 4.78 is 62.6. The van der Waals surface area contributed by atoms with E-state index in [4.69, 9.17) is 0 Å². The Labute approximate surface area is 358 Å². The number of unbranched alkanes of at least 4 members (excludes halogenated alkanes) is 26. The van der Waals surface area contributed by atoms with Gasteiger partial charge < -0.3 is 30.0 Å². The first-order chi connectivity index (χ1) is 24.9. The Hall–Kier alpha value is 0.920. The predicted octanol–water partition coefficient (Wildman–Crippen LogP) is 8.33. The summed E-state index contributed by atoms with van der Waals surface area (Å²) in [6, 6.07) is 0. The first-order valence-corrected chi connectivity index (χ1v) is 24.7. The molecular weight excluding hydrogens is 741 g/mol. The van der Waals surface area contributed by atoms with Gasteiger partial charge in [-0.3, -0.25) is 0 Å². The van der Waals surface area contributed by atoms with Crippen LogP contribution in [0.25, 0.3) is 0 Å². The molecule has 0 rings (SSSR count). The summed E-state index contributed by atoms with van der Waals surface area (Å²) in [7, 11) is -8.32. The summed E-state index contributed by atoms with van der Waals surface area (Å²) in [5, 5.41) is 25.2. The number of rotatable bonds is 40. The summed E-state index contributed by atoms with van der Waals surface area (Å²) in [6.07, 6.45) is 37.4. The fourth-order valence-electron chi connectivity index (χ4n) is 6.28. The van der Waals surface area contributed by atoms with Crippen LogP contribution in [0, 0.1) is 0 Å². The molecule has 0 aromatic heterocycles. The summed E-state index contributed by atoms with van der Waals surface area (Å²) >= 11 is 0. The first kappa shape index (κ1) is 58.2. The molecule has 2 unspecified atom stereocenters. The van der Waals surface area contributed by atoms with Crippen molar-refractivity contribution in [2.75, 3.05) is 37.7 Å². The standard InChI is InChI=1S/2C20H43NO4S.Ca/c2*1-2-3-4-5-6-7-8-9-10-11-12-13-14-15-16-20(22)19-21-17-18-26(23,24)25;/h2*20-22H,2-19H2,1H3,(H,23,24,25);/q;;+2/p-2. The average Bonchev–Trinajstić information content (AvgIpc) is 3.08. The van der Waals surface area contributed by atoms with Crippen LogP contribution in [0.5, 0.6) is 0 Å². The Morgan fingerprint density at radius 3 is 0.830 bits per heavy atom. The van der Waals surface area contributed by atoms with E-state index in [1.165, 1.54) is 154 Å². The predicted molar refractivity (Wildman–Crippen MR) is 222 cm³/mol. The van der Waals surface area contributed by atoms with Gasteiger partial charge in [0.15, 0.2) is 0 Å². The van der Waals surface area contributed by atoms with Crippen molar-refractivity contribution in [2.45, 2.75) is 219 Å². The molecule has 4 N–H and O–H groups in total. The van der Waals surface area contributed by atoms with Gasteiger partial charge in [-0.1, -0.05) is 194 Å². The van der Waals surface area contributed by atoms with Gasteiger partial charge in [-0.2, -0.15) is 0 Å². The molecule has 13 heteroatoms. The normalized spacial score (nSPS) is 12.9. The monoisotopic (exact) mass is 825 g/mol. The second kappa shape index (κ2) is 44.0. The van der Waals surface area contributed by atoms with Crippen molar-refractivity contribution >= 4 is 58.0 Å². The van der Waals surface area contributed by atoms with Gasteiger partial charge >= 0.3 is 37.7 Å². The molecule has 0 bridgehead atoms. The van der Waals surface area contributed by atoms with Crippen LogP contribution in [0.15, 0.2) is 0 Å². The Balaban J connectivity index is -0.000000926. The SMILES string of the molecule is CCCCCCCCCCCCCCCCC(O)CNCCS(=O)(=O)[O-].CCCCCCCCCCCCCCCCC(O)CNCCS(=O)(=O)[O-].[Ca+2]. The molecule has 0 spiro atoms. The minimum absolute atomic E-state index is 0. The molecule has 2 atom stereocenters. The Morgan fingerprint density at radius 1 is 0.415 bits per heavy atom. The van der Waals surface area contributed by atoms with Crippen molar-refractivity contribution < 1.29 is 36.2 Å². The van der Waals surface area contributed by atoms with Crippen molar-refractivity contribution in [3.05, 3.63) is 0 Å². The van der Waals surface area contributed by atoms with E-state index >= 15 is 0 Å². The molecule has 53 heavy (non-hydrogen) atoms. The van der Waals surface area contributed by atoms with Gasteiger partial charge in [-0.05, 0) is 12.8 Å². The van der Waals surface area contributed by atoms with Crippen LogP contribution in [0.1, 0.15) is 206 Å². The van der Waals surface area contributed by atoms with Crippen molar-refractivity contribution in [3.8, 4) is 0 Å². The van der Waals surface area contributed by atoms with E-state index < -0.39 is 43.9 Å². The molecule has 0 fully saturated rings. The second-order valence-electron chi connectivity index (χ2n) is 15.0. The van der Waals surface area contributed by atoms with Crippen LogP contribution < -0.4 is 10.6 Å². The summed E-state index contributed by atoms with van der Waals surface area (Å²) in [5.41, 5.74) is 0. The molecule has 0 amide bonds. The van der Waals surface area contributed by atoms with Crippen LogP contribution in [0.3, 0.4) is 0 Å². The maximum Gasteiger partial charge on any atom is 2.00 e. The number of aliphatic hydroxyl groups excluding tert-OH is 2. The topological polar surface area (TPSA) is 179 Å². The molecule has 0 aromatic rings. The van der Waals surface area contributed by atoms with Gasteiger partial charge in [-0.25, -0.2) is 16.8 Å². The van der Waals surface area contributed by atoms with Crippen molar-refractivity contribution in [2.24, 2.45) is 0 Å². The largest absolute Gasteiger partial charge is 2.00 e. The molecule has 0 saturated carbocycles. The minimum atomic E-state index is -4.16. The zero-order valence-electron chi connectivity index (χ0n) is 34.5. The zero-order valence-corrected chi connectivity index (χ0v) is 38.3. The van der Waals surface area contributed by atoms with Crippen molar-refractivity contribution in [1.82, 2.24) is 10.6 Å². The molecule has 0 heterocycles. The summed E-state index contributed by atoms with van der Waals surface area (Å²) in [4.78, 5) is 0. The second-order valence-corrected chi connectivity index (χ2v) is 18.1. The molecule has 316 valence electrons. The molecular formula is C40H84CaN2O8S2. The molecule has 0 radical (unpaired) electrons. The van der Waals surface area contributed by atoms with Gasteiger partial charge in [0, 0.05) is 26.2 Å². The number of aliphatic hydroxyl groups is 2. The van der Waals surface area contributed by atoms with Gasteiger partial charge in [-0.15, -0.1) is 0 Å². The van der Waals surface area contributed by atoms with Gasteiger partial charge in [0.05, 0.1) is 43.9 Å². The van der Waals surface area contributed by atoms with Crippen LogP contribution >= 0.6 is 0 Å². The van der Waals surface area contributed by atoms with E-state index in [0.717, 1.165) is 38.5 Å². The number of hydrogen-bond acceptors (Lipinski definition) is 10. The summed E-state index contributed by atoms with van der Waals surface area (Å²) in [6.45, 7) is 5.45. The van der Waals surface area contributed by atoms with Gasteiger partial charge in [0.1, 0.15) is 0 Å². The Kier molecular flexibility index (Phi) is 48.4.